The lowest BCUT2D eigenvalue weighted by Gasteiger charge is -2.38. The third-order valence-corrected chi connectivity index (χ3v) is 8.97. The number of hydrogen-bond donors (Lipinski definition) is 1. The van der Waals surface area contributed by atoms with Crippen LogP contribution in [0.4, 0.5) is 0 Å². The predicted octanol–water partition coefficient (Wildman–Crippen LogP) is 4.04. The van der Waals surface area contributed by atoms with E-state index in [1.54, 1.807) is 22.5 Å². The zero-order valence-electron chi connectivity index (χ0n) is 19.4. The zero-order chi connectivity index (χ0) is 23.3. The van der Waals surface area contributed by atoms with Crippen molar-refractivity contribution >= 4 is 15.9 Å². The maximum atomic E-state index is 13.2. The van der Waals surface area contributed by atoms with E-state index in [-0.39, 0.29) is 16.2 Å². The van der Waals surface area contributed by atoms with Crippen LogP contribution in [0.3, 0.4) is 0 Å². The molecule has 2 aromatic carbocycles. The van der Waals surface area contributed by atoms with Crippen molar-refractivity contribution in [3.8, 4) is 0 Å². The zero-order valence-corrected chi connectivity index (χ0v) is 20.2. The summed E-state index contributed by atoms with van der Waals surface area (Å²) in [5, 5.41) is 3.11. The van der Waals surface area contributed by atoms with Gasteiger partial charge in [-0.05, 0) is 55.9 Å². The molecule has 0 bridgehead atoms. The van der Waals surface area contributed by atoms with Crippen LogP contribution in [0, 0.1) is 6.92 Å². The van der Waals surface area contributed by atoms with Crippen molar-refractivity contribution in [2.24, 2.45) is 0 Å². The molecule has 0 atom stereocenters. The van der Waals surface area contributed by atoms with Gasteiger partial charge < -0.3 is 10.1 Å². The number of carbonyl (C=O) groups excluding carboxylic acids is 1. The summed E-state index contributed by atoms with van der Waals surface area (Å²) in [5.74, 6) is -0.234. The Hall–Kier alpha value is -2.22. The van der Waals surface area contributed by atoms with Gasteiger partial charge in [-0.1, -0.05) is 49.2 Å². The summed E-state index contributed by atoms with van der Waals surface area (Å²) in [4.78, 5) is 13.4. The van der Waals surface area contributed by atoms with Crippen molar-refractivity contribution in [2.45, 2.75) is 55.8 Å². The van der Waals surface area contributed by atoms with E-state index in [4.69, 9.17) is 4.74 Å². The van der Waals surface area contributed by atoms with E-state index in [1.807, 2.05) is 25.1 Å². The van der Waals surface area contributed by atoms with Crippen molar-refractivity contribution in [1.29, 1.82) is 0 Å². The summed E-state index contributed by atoms with van der Waals surface area (Å²) < 4.78 is 33.7. The van der Waals surface area contributed by atoms with Crippen LogP contribution in [0.2, 0.25) is 0 Å². The average molecular weight is 471 g/mol. The molecule has 33 heavy (non-hydrogen) atoms. The highest BCUT2D eigenvalue weighted by atomic mass is 32.2. The summed E-state index contributed by atoms with van der Waals surface area (Å²) in [6.45, 7) is 4.74. The van der Waals surface area contributed by atoms with Gasteiger partial charge in [-0.3, -0.25) is 4.79 Å². The number of hydrogen-bond acceptors (Lipinski definition) is 4. The predicted molar refractivity (Wildman–Crippen MR) is 129 cm³/mol. The van der Waals surface area contributed by atoms with Crippen LogP contribution in [-0.4, -0.2) is 51.5 Å². The molecule has 0 aromatic heterocycles. The molecular formula is C26H34N2O4S. The maximum absolute atomic E-state index is 13.2. The van der Waals surface area contributed by atoms with Gasteiger partial charge in [0.05, 0.1) is 4.90 Å². The molecule has 2 heterocycles. The van der Waals surface area contributed by atoms with E-state index >= 15 is 0 Å². The second kappa shape index (κ2) is 10.4. The standard InChI is InChI=1S/C26H34N2O4S/c1-21-11-12-23(33(30,31)28-15-7-2-3-8-16-28)19-24(21)25(29)27-20-26(13-17-32-18-14-26)22-9-5-4-6-10-22/h4-6,9-12,19H,2-3,7-8,13-18,20H2,1H3,(H,27,29). The SMILES string of the molecule is Cc1ccc(S(=O)(=O)N2CCCCCC2)cc1C(=O)NCC1(c2ccccc2)CCOCC1. The molecule has 4 rings (SSSR count). The van der Waals surface area contributed by atoms with Crippen LogP contribution in [-0.2, 0) is 20.2 Å². The Labute approximate surface area is 197 Å². The fourth-order valence-corrected chi connectivity index (χ4v) is 6.45. The van der Waals surface area contributed by atoms with Crippen LogP contribution in [0.25, 0.3) is 0 Å². The van der Waals surface area contributed by atoms with Gasteiger partial charge in [0.1, 0.15) is 0 Å². The summed E-state index contributed by atoms with van der Waals surface area (Å²) in [6.07, 6.45) is 5.54. The van der Waals surface area contributed by atoms with Gasteiger partial charge in [0.15, 0.2) is 0 Å². The number of rotatable bonds is 6. The third kappa shape index (κ3) is 5.31. The molecule has 2 saturated heterocycles. The van der Waals surface area contributed by atoms with Gasteiger partial charge in [0.2, 0.25) is 10.0 Å². The number of aryl methyl sites for hydroxylation is 1. The first-order chi connectivity index (χ1) is 15.9. The van der Waals surface area contributed by atoms with Crippen molar-refractivity contribution in [3.05, 3.63) is 65.2 Å². The summed E-state index contributed by atoms with van der Waals surface area (Å²) in [5.41, 5.74) is 2.20. The van der Waals surface area contributed by atoms with Crippen molar-refractivity contribution in [1.82, 2.24) is 9.62 Å². The van der Waals surface area contributed by atoms with Crippen LogP contribution >= 0.6 is 0 Å². The van der Waals surface area contributed by atoms with E-state index < -0.39 is 10.0 Å². The number of nitrogens with zero attached hydrogens (tertiary/aromatic N) is 1. The van der Waals surface area contributed by atoms with Crippen molar-refractivity contribution in [2.75, 3.05) is 32.8 Å². The van der Waals surface area contributed by atoms with Gasteiger partial charge in [0.25, 0.3) is 5.91 Å². The number of benzene rings is 2. The van der Waals surface area contributed by atoms with Crippen molar-refractivity contribution < 1.29 is 17.9 Å². The lowest BCUT2D eigenvalue weighted by Crippen LogP contribution is -2.44. The van der Waals surface area contributed by atoms with E-state index in [0.717, 1.165) is 44.1 Å². The molecule has 0 saturated carbocycles. The third-order valence-electron chi connectivity index (χ3n) is 7.08. The first-order valence-corrected chi connectivity index (χ1v) is 13.4. The van der Waals surface area contributed by atoms with Crippen LogP contribution in [0.15, 0.2) is 53.4 Å². The number of nitrogens with one attached hydrogen (secondary N) is 1. The molecule has 1 amide bonds. The Morgan fingerprint density at radius 3 is 2.33 bits per heavy atom. The normalized spacial score (nSPS) is 19.5. The molecule has 2 aliphatic heterocycles. The molecule has 178 valence electrons. The van der Waals surface area contributed by atoms with E-state index in [0.29, 0.717) is 38.4 Å². The van der Waals surface area contributed by atoms with Gasteiger partial charge in [-0.15, -0.1) is 0 Å². The van der Waals surface area contributed by atoms with Gasteiger partial charge in [-0.25, -0.2) is 8.42 Å². The van der Waals surface area contributed by atoms with E-state index in [2.05, 4.69) is 17.4 Å². The van der Waals surface area contributed by atoms with E-state index in [1.165, 1.54) is 5.56 Å². The number of ether oxygens (including phenoxy) is 1. The molecule has 2 aliphatic rings. The van der Waals surface area contributed by atoms with Gasteiger partial charge in [-0.2, -0.15) is 4.31 Å². The van der Waals surface area contributed by atoms with Crippen molar-refractivity contribution in [3.63, 3.8) is 0 Å². The highest BCUT2D eigenvalue weighted by molar-refractivity contribution is 7.89. The molecule has 0 unspecified atom stereocenters. The average Bonchev–Trinajstić information content (AvgIpc) is 3.14. The second-order valence-electron chi connectivity index (χ2n) is 9.24. The smallest absolute Gasteiger partial charge is 0.251 e. The molecule has 7 heteroatoms. The minimum Gasteiger partial charge on any atom is -0.381 e. The summed E-state index contributed by atoms with van der Waals surface area (Å²) in [7, 11) is -3.61. The lowest BCUT2D eigenvalue weighted by atomic mass is 9.74. The monoisotopic (exact) mass is 470 g/mol. The molecule has 6 nitrogen and oxygen atoms in total. The van der Waals surface area contributed by atoms with Crippen LogP contribution in [0.5, 0.6) is 0 Å². The molecule has 2 fully saturated rings. The fraction of sp³-hybridized carbons (Fsp3) is 0.500. The quantitative estimate of drug-likeness (QED) is 0.691. The Bertz CT molecular complexity index is 1050. The highest BCUT2D eigenvalue weighted by Crippen LogP contribution is 2.34. The summed E-state index contributed by atoms with van der Waals surface area (Å²) in [6, 6.07) is 15.2. The molecular weight excluding hydrogens is 436 g/mol. The second-order valence-corrected chi connectivity index (χ2v) is 11.2. The Balaban J connectivity index is 1.54. The first kappa shape index (κ1) is 23.9. The van der Waals surface area contributed by atoms with Gasteiger partial charge >= 0.3 is 0 Å². The summed E-state index contributed by atoms with van der Waals surface area (Å²) >= 11 is 0. The largest absolute Gasteiger partial charge is 0.381 e. The van der Waals surface area contributed by atoms with Crippen LogP contribution < -0.4 is 5.32 Å². The molecule has 0 spiro atoms. The van der Waals surface area contributed by atoms with Crippen LogP contribution in [0.1, 0.15) is 60.0 Å². The Kier molecular flexibility index (Phi) is 7.51. The molecule has 0 aliphatic carbocycles. The molecule has 1 N–H and O–H groups in total. The number of amides is 1. The fourth-order valence-electron chi connectivity index (χ4n) is 4.90. The van der Waals surface area contributed by atoms with E-state index in [9.17, 15) is 13.2 Å². The molecule has 0 radical (unpaired) electrons. The topological polar surface area (TPSA) is 75.7 Å². The molecule has 2 aromatic rings. The minimum absolute atomic E-state index is 0.182. The number of sulfonamides is 1. The van der Waals surface area contributed by atoms with Gasteiger partial charge in [0, 0.05) is 43.8 Å². The Morgan fingerprint density at radius 2 is 1.67 bits per heavy atom. The minimum atomic E-state index is -3.61. The number of carbonyl (C=O) groups is 1. The maximum Gasteiger partial charge on any atom is 0.251 e. The lowest BCUT2D eigenvalue weighted by molar-refractivity contribution is 0.0487. The highest BCUT2D eigenvalue weighted by Gasteiger charge is 2.35. The first-order valence-electron chi connectivity index (χ1n) is 11.9. The Morgan fingerprint density at radius 1 is 1.00 bits per heavy atom.